The molecule has 0 bridgehead atoms. The summed E-state index contributed by atoms with van der Waals surface area (Å²) in [5, 5.41) is 0. The van der Waals surface area contributed by atoms with E-state index in [1.165, 1.54) is 5.56 Å². The number of alkyl halides is 2. The Kier molecular flexibility index (Phi) is 2.09. The maximum atomic E-state index is 12.7. The minimum absolute atomic E-state index is 0.0219. The van der Waals surface area contributed by atoms with Crippen LogP contribution < -0.4 is 0 Å². The van der Waals surface area contributed by atoms with Crippen LogP contribution in [0, 0.1) is 0 Å². The quantitative estimate of drug-likeness (QED) is 0.672. The van der Waals surface area contributed by atoms with Gasteiger partial charge in [-0.15, -0.1) is 0 Å². The predicted molar refractivity (Wildman–Crippen MR) is 52.8 cm³/mol. The van der Waals surface area contributed by atoms with E-state index in [9.17, 15) is 8.78 Å². The lowest BCUT2D eigenvalue weighted by molar-refractivity contribution is 0.112. The minimum Gasteiger partial charge on any atom is -0.206 e. The monoisotopic (exact) mass is 196 g/mol. The Balaban J connectivity index is 2.16. The van der Waals surface area contributed by atoms with Crippen molar-refractivity contribution in [3.63, 3.8) is 0 Å². The first-order valence-corrected chi connectivity index (χ1v) is 4.98. The van der Waals surface area contributed by atoms with Crippen LogP contribution in [0.25, 0.3) is 0 Å². The van der Waals surface area contributed by atoms with Crippen molar-refractivity contribution in [1.82, 2.24) is 0 Å². The normalized spacial score (nSPS) is 23.9. The average Bonchev–Trinajstić information content (AvgIpc) is 2.75. The topological polar surface area (TPSA) is 0 Å². The molecule has 1 saturated carbocycles. The van der Waals surface area contributed by atoms with E-state index in [0.29, 0.717) is 5.92 Å². The third kappa shape index (κ3) is 1.66. The van der Waals surface area contributed by atoms with Gasteiger partial charge in [0, 0.05) is 6.42 Å². The van der Waals surface area contributed by atoms with E-state index >= 15 is 0 Å². The molecule has 0 aromatic heterocycles. The second-order valence-corrected chi connectivity index (χ2v) is 4.34. The van der Waals surface area contributed by atoms with Gasteiger partial charge in [0.05, 0.1) is 5.92 Å². The van der Waals surface area contributed by atoms with E-state index in [4.69, 9.17) is 0 Å². The summed E-state index contributed by atoms with van der Waals surface area (Å²) in [4.78, 5) is 0. The molecule has 0 heterocycles. The molecule has 1 atom stereocenters. The Bertz CT molecular complexity index is 325. The fraction of sp³-hybridized carbons (Fsp3) is 0.500. The lowest BCUT2D eigenvalue weighted by Gasteiger charge is -2.06. The smallest absolute Gasteiger partial charge is 0.206 e. The molecule has 76 valence electrons. The second kappa shape index (κ2) is 3.04. The fourth-order valence-corrected chi connectivity index (χ4v) is 1.69. The molecule has 1 aromatic carbocycles. The van der Waals surface area contributed by atoms with Crippen LogP contribution in [0.15, 0.2) is 24.3 Å². The van der Waals surface area contributed by atoms with E-state index in [0.717, 1.165) is 5.56 Å². The van der Waals surface area contributed by atoms with Gasteiger partial charge in [0.25, 0.3) is 5.92 Å². The molecule has 0 saturated heterocycles. The van der Waals surface area contributed by atoms with Gasteiger partial charge in [-0.25, -0.2) is 8.78 Å². The van der Waals surface area contributed by atoms with Gasteiger partial charge in [-0.1, -0.05) is 38.1 Å². The molecule has 14 heavy (non-hydrogen) atoms. The van der Waals surface area contributed by atoms with E-state index in [-0.39, 0.29) is 6.42 Å². The summed E-state index contributed by atoms with van der Waals surface area (Å²) in [7, 11) is 0. The summed E-state index contributed by atoms with van der Waals surface area (Å²) >= 11 is 0. The van der Waals surface area contributed by atoms with Crippen LogP contribution in [-0.4, -0.2) is 5.92 Å². The molecule has 2 rings (SSSR count). The van der Waals surface area contributed by atoms with Crippen molar-refractivity contribution < 1.29 is 8.78 Å². The first-order valence-electron chi connectivity index (χ1n) is 4.98. The second-order valence-electron chi connectivity index (χ2n) is 4.34. The van der Waals surface area contributed by atoms with Crippen LogP contribution in [0.4, 0.5) is 8.78 Å². The molecule has 0 nitrogen and oxygen atoms in total. The highest BCUT2D eigenvalue weighted by Gasteiger charge is 2.57. The third-order valence-electron chi connectivity index (χ3n) is 2.83. The maximum Gasteiger partial charge on any atom is 0.255 e. The SMILES string of the molecule is CC(C)c1ccc(C2CC2(F)F)cc1. The van der Waals surface area contributed by atoms with Crippen LogP contribution in [-0.2, 0) is 0 Å². The lowest BCUT2D eigenvalue weighted by Crippen LogP contribution is -1.93. The molecule has 2 heteroatoms. The third-order valence-corrected chi connectivity index (χ3v) is 2.83. The Labute approximate surface area is 82.9 Å². The van der Waals surface area contributed by atoms with Crippen molar-refractivity contribution in [3.8, 4) is 0 Å². The van der Waals surface area contributed by atoms with Gasteiger partial charge in [-0.2, -0.15) is 0 Å². The van der Waals surface area contributed by atoms with Gasteiger partial charge in [0.15, 0.2) is 0 Å². The maximum absolute atomic E-state index is 12.7. The van der Waals surface area contributed by atoms with Crippen LogP contribution in [0.5, 0.6) is 0 Å². The zero-order valence-corrected chi connectivity index (χ0v) is 8.43. The predicted octanol–water partition coefficient (Wildman–Crippen LogP) is 3.93. The van der Waals surface area contributed by atoms with Crippen molar-refractivity contribution in [3.05, 3.63) is 35.4 Å². The molecule has 0 aliphatic heterocycles. The first-order chi connectivity index (χ1) is 6.50. The largest absolute Gasteiger partial charge is 0.255 e. The summed E-state index contributed by atoms with van der Waals surface area (Å²) in [6.45, 7) is 4.20. The lowest BCUT2D eigenvalue weighted by atomic mass is 10.0. The van der Waals surface area contributed by atoms with Gasteiger partial charge >= 0.3 is 0 Å². The van der Waals surface area contributed by atoms with Gasteiger partial charge in [0.1, 0.15) is 0 Å². The molecule has 0 spiro atoms. The number of hydrogen-bond donors (Lipinski definition) is 0. The summed E-state index contributed by atoms with van der Waals surface area (Å²) in [5.41, 5.74) is 1.98. The number of benzene rings is 1. The highest BCUT2D eigenvalue weighted by atomic mass is 19.3. The number of hydrogen-bond acceptors (Lipinski definition) is 0. The van der Waals surface area contributed by atoms with E-state index in [1.54, 1.807) is 0 Å². The van der Waals surface area contributed by atoms with Crippen LogP contribution in [0.2, 0.25) is 0 Å². The highest BCUT2D eigenvalue weighted by molar-refractivity contribution is 5.32. The van der Waals surface area contributed by atoms with Crippen molar-refractivity contribution >= 4 is 0 Å². The van der Waals surface area contributed by atoms with Crippen molar-refractivity contribution in [2.45, 2.75) is 38.0 Å². The van der Waals surface area contributed by atoms with Gasteiger partial charge in [-0.3, -0.25) is 0 Å². The van der Waals surface area contributed by atoms with Crippen molar-refractivity contribution in [2.24, 2.45) is 0 Å². The zero-order chi connectivity index (χ0) is 10.3. The average molecular weight is 196 g/mol. The zero-order valence-electron chi connectivity index (χ0n) is 8.43. The molecular weight excluding hydrogens is 182 g/mol. The standard InChI is InChI=1S/C12H14F2/c1-8(2)9-3-5-10(6-4-9)11-7-12(11,13)14/h3-6,8,11H,7H2,1-2H3. The molecule has 1 fully saturated rings. The fourth-order valence-electron chi connectivity index (χ4n) is 1.69. The van der Waals surface area contributed by atoms with Crippen LogP contribution in [0.3, 0.4) is 0 Å². The Morgan fingerprint density at radius 2 is 1.71 bits per heavy atom. The van der Waals surface area contributed by atoms with E-state index in [2.05, 4.69) is 13.8 Å². The van der Waals surface area contributed by atoms with Gasteiger partial charge in [-0.05, 0) is 17.0 Å². The molecule has 1 aromatic rings. The van der Waals surface area contributed by atoms with Crippen molar-refractivity contribution in [2.75, 3.05) is 0 Å². The number of halogens is 2. The summed E-state index contributed by atoms with van der Waals surface area (Å²) in [6.07, 6.45) is 0.0219. The van der Waals surface area contributed by atoms with Crippen LogP contribution in [0.1, 0.15) is 43.2 Å². The Morgan fingerprint density at radius 3 is 2.07 bits per heavy atom. The minimum atomic E-state index is -2.45. The molecule has 1 unspecified atom stereocenters. The summed E-state index contributed by atoms with van der Waals surface area (Å²) in [6, 6.07) is 7.57. The summed E-state index contributed by atoms with van der Waals surface area (Å²) < 4.78 is 25.5. The first kappa shape index (κ1) is 9.63. The molecular formula is C12H14F2. The molecule has 0 N–H and O–H groups in total. The number of rotatable bonds is 2. The Morgan fingerprint density at radius 1 is 1.21 bits per heavy atom. The molecule has 1 aliphatic rings. The Hall–Kier alpha value is -0.920. The summed E-state index contributed by atoms with van der Waals surface area (Å²) in [5.74, 6) is -2.51. The van der Waals surface area contributed by atoms with Crippen LogP contribution >= 0.6 is 0 Å². The highest BCUT2D eigenvalue weighted by Crippen LogP contribution is 2.55. The van der Waals surface area contributed by atoms with Gasteiger partial charge in [0.2, 0.25) is 0 Å². The van der Waals surface area contributed by atoms with E-state index < -0.39 is 11.8 Å². The van der Waals surface area contributed by atoms with Gasteiger partial charge < -0.3 is 0 Å². The molecule has 0 amide bonds. The molecule has 0 radical (unpaired) electrons. The van der Waals surface area contributed by atoms with Crippen molar-refractivity contribution in [1.29, 1.82) is 0 Å². The van der Waals surface area contributed by atoms with E-state index in [1.807, 2.05) is 24.3 Å². The molecule has 1 aliphatic carbocycles.